The van der Waals surface area contributed by atoms with Gasteiger partial charge in [-0.3, -0.25) is 22.7 Å². The van der Waals surface area contributed by atoms with E-state index in [0.717, 1.165) is 42.2 Å². The Balaban J connectivity index is -0.000000294. The molecule has 0 aromatic carbocycles. The van der Waals surface area contributed by atoms with Crippen LogP contribution in [0.3, 0.4) is 0 Å². The lowest BCUT2D eigenvalue weighted by atomic mass is 11.8. The second kappa shape index (κ2) is 12.8. The van der Waals surface area contributed by atoms with Gasteiger partial charge in [0, 0.05) is 42.2 Å². The molecule has 2 unspecified atom stereocenters. The van der Waals surface area contributed by atoms with Gasteiger partial charge in [-0.1, -0.05) is 0 Å². The first-order chi connectivity index (χ1) is 10.5. The summed E-state index contributed by atoms with van der Waals surface area (Å²) in [4.78, 5) is 32.3. The van der Waals surface area contributed by atoms with E-state index < -0.39 is 31.1 Å². The minimum Gasteiger partial charge on any atom is -0.312 e. The molecule has 0 heterocycles. The summed E-state index contributed by atoms with van der Waals surface area (Å²) < 4.78 is 65.1. The van der Waals surface area contributed by atoms with Crippen molar-refractivity contribution in [2.75, 3.05) is 42.2 Å². The Morgan fingerprint density at radius 3 is 1.00 bits per heavy atom. The van der Waals surface area contributed by atoms with Crippen molar-refractivity contribution in [1.82, 2.24) is 0 Å². The van der Waals surface area contributed by atoms with Crippen molar-refractivity contribution in [1.29, 1.82) is 0 Å². The highest BCUT2D eigenvalue weighted by molar-refractivity contribution is 7.64. The van der Waals surface area contributed by atoms with Crippen LogP contribution in [0.5, 0.6) is 0 Å². The van der Waals surface area contributed by atoms with Crippen LogP contribution in [0, 0.1) is 0 Å². The molecular formula is C6H22O14P4. The fourth-order valence-electron chi connectivity index (χ4n) is 0.329. The molecule has 18 heteroatoms. The molecule has 0 fully saturated rings. The fourth-order valence-corrected chi connectivity index (χ4v) is 2.51. The van der Waals surface area contributed by atoms with Gasteiger partial charge >= 0.3 is 31.1 Å². The van der Waals surface area contributed by atoms with Gasteiger partial charge in [-0.05, 0) is 0 Å². The first-order valence-electron chi connectivity index (χ1n) is 5.30. The minimum absolute atomic E-state index is 0.945. The van der Waals surface area contributed by atoms with Crippen molar-refractivity contribution in [3.63, 3.8) is 0 Å². The summed E-state index contributed by atoms with van der Waals surface area (Å²) >= 11 is 0. The number of phosphoric ester groups is 3. The van der Waals surface area contributed by atoms with E-state index in [9.17, 15) is 18.3 Å². The number of hydrogen-bond acceptors (Lipinski definition) is 10. The normalized spacial score (nSPS) is 16.6. The highest BCUT2D eigenvalue weighted by atomic mass is 31.3. The van der Waals surface area contributed by atoms with Gasteiger partial charge in [0.05, 0.1) is 0 Å². The van der Waals surface area contributed by atoms with E-state index in [1.807, 2.05) is 0 Å². The van der Waals surface area contributed by atoms with Gasteiger partial charge in [0.25, 0.3) is 0 Å². The van der Waals surface area contributed by atoms with Crippen LogP contribution < -0.4 is 0 Å². The first kappa shape index (κ1) is 29.3. The second-order valence-electron chi connectivity index (χ2n) is 3.19. The Kier molecular flexibility index (Phi) is 15.6. The van der Waals surface area contributed by atoms with Crippen LogP contribution >= 0.6 is 31.1 Å². The molecule has 0 aliphatic rings. The maximum atomic E-state index is 10.9. The third-order valence-corrected chi connectivity index (χ3v) is 6.05. The van der Waals surface area contributed by atoms with Gasteiger partial charge in [0.15, 0.2) is 0 Å². The molecule has 0 bridgehead atoms. The van der Waals surface area contributed by atoms with Crippen LogP contribution in [0.1, 0.15) is 0 Å². The molecule has 2 atom stereocenters. The summed E-state index contributed by atoms with van der Waals surface area (Å²) in [5.41, 5.74) is 0. The Labute approximate surface area is 139 Å². The molecule has 0 spiro atoms. The molecule has 0 aliphatic heterocycles. The maximum absolute atomic E-state index is 10.9. The van der Waals surface area contributed by atoms with Crippen LogP contribution in [0.2, 0.25) is 0 Å². The standard InChI is InChI=1S/C3H10O6P2.C2H7O4P.CH5O4P/c1-7-10(3,4)9-11(5,6)8-2;1-5-7(3,4)6-2;1-5-6(2,3)4/h1-3H3,(H,5,6);1-2H3,(H,3,4);1H3,(H2,2,3,4). The zero-order valence-corrected chi connectivity index (χ0v) is 17.2. The molecule has 14 nitrogen and oxygen atoms in total. The summed E-state index contributed by atoms with van der Waals surface area (Å²) in [7, 11) is -10.2. The average Bonchev–Trinajstić information content (AvgIpc) is 2.47. The SMILES string of the molecule is COP(=O)(O)O.COP(=O)(O)OC.COP(C)(=O)OP(=O)(O)OC. The van der Waals surface area contributed by atoms with Gasteiger partial charge in [-0.15, -0.1) is 0 Å². The minimum atomic E-state index is -4.20. The van der Waals surface area contributed by atoms with Crippen LogP contribution in [0.25, 0.3) is 0 Å². The zero-order valence-electron chi connectivity index (χ0n) is 13.7. The van der Waals surface area contributed by atoms with E-state index in [-0.39, 0.29) is 0 Å². The average molecular weight is 442 g/mol. The van der Waals surface area contributed by atoms with Crippen LogP contribution in [-0.2, 0) is 45.2 Å². The van der Waals surface area contributed by atoms with Gasteiger partial charge < -0.3 is 24.1 Å². The molecule has 0 aromatic rings. The van der Waals surface area contributed by atoms with E-state index in [0.29, 0.717) is 0 Å². The van der Waals surface area contributed by atoms with E-state index in [4.69, 9.17) is 19.6 Å². The van der Waals surface area contributed by atoms with Crippen LogP contribution in [0.15, 0.2) is 0 Å². The highest BCUT2D eigenvalue weighted by Crippen LogP contribution is 2.59. The lowest BCUT2D eigenvalue weighted by Crippen LogP contribution is -1.91. The molecule has 0 saturated heterocycles. The Bertz CT molecular complexity index is 481. The third kappa shape index (κ3) is 22.5. The van der Waals surface area contributed by atoms with Gasteiger partial charge in [0.1, 0.15) is 0 Å². The molecule has 0 amide bonds. The summed E-state index contributed by atoms with van der Waals surface area (Å²) in [6.45, 7) is 1.06. The second-order valence-corrected chi connectivity index (χ2v) is 10.1. The van der Waals surface area contributed by atoms with Crippen LogP contribution in [-0.4, -0.2) is 61.8 Å². The van der Waals surface area contributed by atoms with Crippen molar-refractivity contribution in [2.24, 2.45) is 0 Å². The molecule has 0 saturated carbocycles. The number of rotatable bonds is 7. The van der Waals surface area contributed by atoms with Crippen molar-refractivity contribution in [3.8, 4) is 0 Å². The molecule has 0 radical (unpaired) electrons. The third-order valence-electron chi connectivity index (χ3n) is 1.51. The summed E-state index contributed by atoms with van der Waals surface area (Å²) in [6.07, 6.45) is 0. The van der Waals surface area contributed by atoms with E-state index in [1.54, 1.807) is 0 Å². The van der Waals surface area contributed by atoms with Gasteiger partial charge in [-0.25, -0.2) is 18.0 Å². The molecule has 150 valence electrons. The predicted octanol–water partition coefficient (Wildman–Crippen LogP) is 1.32. The van der Waals surface area contributed by atoms with Crippen molar-refractivity contribution in [2.45, 2.75) is 0 Å². The Morgan fingerprint density at radius 2 is 0.875 bits per heavy atom. The molecule has 0 aromatic heterocycles. The lowest BCUT2D eigenvalue weighted by Gasteiger charge is -2.13. The monoisotopic (exact) mass is 442 g/mol. The molecule has 0 rings (SSSR count). The lowest BCUT2D eigenvalue weighted by molar-refractivity contribution is 0.204. The van der Waals surface area contributed by atoms with Crippen molar-refractivity contribution in [3.05, 3.63) is 0 Å². The number of hydrogen-bond donors (Lipinski definition) is 4. The molecule has 4 N–H and O–H groups in total. The highest BCUT2D eigenvalue weighted by Gasteiger charge is 2.30. The molecular weight excluding hydrogens is 420 g/mol. The fraction of sp³-hybridized carbons (Fsp3) is 1.00. The zero-order chi connectivity index (χ0) is 20.2. The summed E-state index contributed by atoms with van der Waals surface area (Å²) in [6, 6.07) is 0. The van der Waals surface area contributed by atoms with Gasteiger partial charge in [-0.2, -0.15) is 0 Å². The van der Waals surface area contributed by atoms with E-state index in [2.05, 4.69) is 26.9 Å². The van der Waals surface area contributed by atoms with Gasteiger partial charge in [0.2, 0.25) is 0 Å². The first-order valence-corrected chi connectivity index (χ1v) is 11.8. The maximum Gasteiger partial charge on any atom is 0.479 e. The van der Waals surface area contributed by atoms with E-state index in [1.165, 1.54) is 0 Å². The molecule has 0 aliphatic carbocycles. The summed E-state index contributed by atoms with van der Waals surface area (Å²) in [5, 5.41) is 0. The Hall–Kier alpha value is 0.520. The Morgan fingerprint density at radius 1 is 0.583 bits per heavy atom. The van der Waals surface area contributed by atoms with Crippen molar-refractivity contribution >= 4 is 31.1 Å². The van der Waals surface area contributed by atoms with E-state index >= 15 is 0 Å². The van der Waals surface area contributed by atoms with Crippen LogP contribution in [0.4, 0.5) is 0 Å². The smallest absolute Gasteiger partial charge is 0.312 e. The predicted molar refractivity (Wildman–Crippen MR) is 81.4 cm³/mol. The largest absolute Gasteiger partial charge is 0.479 e. The molecule has 24 heavy (non-hydrogen) atoms. The van der Waals surface area contributed by atoms with Crippen molar-refractivity contribution < 1.29 is 64.8 Å². The quantitative estimate of drug-likeness (QED) is 0.411. The number of phosphoric acid groups is 3. The topological polar surface area (TPSA) is 205 Å². The summed E-state index contributed by atoms with van der Waals surface area (Å²) in [5.74, 6) is 0.